The van der Waals surface area contributed by atoms with Gasteiger partial charge in [-0.3, -0.25) is 4.79 Å². The first kappa shape index (κ1) is 16.9. The van der Waals surface area contributed by atoms with Crippen LogP contribution in [0.3, 0.4) is 0 Å². The van der Waals surface area contributed by atoms with Crippen LogP contribution in [-0.4, -0.2) is 38.0 Å². The lowest BCUT2D eigenvalue weighted by Gasteiger charge is -2.17. The first-order valence-corrected chi connectivity index (χ1v) is 8.15. The van der Waals surface area contributed by atoms with Crippen LogP contribution in [0, 0.1) is 18.7 Å². The zero-order valence-corrected chi connectivity index (χ0v) is 13.9. The van der Waals surface area contributed by atoms with Gasteiger partial charge in [0.05, 0.1) is 0 Å². The van der Waals surface area contributed by atoms with Gasteiger partial charge in [-0.2, -0.15) is 0 Å². The Labute approximate surface area is 132 Å². The molecule has 0 radical (unpaired) electrons. The van der Waals surface area contributed by atoms with Crippen molar-refractivity contribution in [3.05, 3.63) is 35.1 Å². The number of aryl methyl sites for hydroxylation is 1. The molecule has 1 aromatic carbocycles. The third kappa shape index (κ3) is 5.09. The normalized spacial score (nSPS) is 15.9. The van der Waals surface area contributed by atoms with E-state index in [0.29, 0.717) is 17.9 Å². The van der Waals surface area contributed by atoms with Crippen molar-refractivity contribution in [2.75, 3.05) is 27.2 Å². The lowest BCUT2D eigenvalue weighted by molar-refractivity contribution is -0.121. The van der Waals surface area contributed by atoms with Crippen LogP contribution < -0.4 is 5.32 Å². The first-order chi connectivity index (χ1) is 10.5. The van der Waals surface area contributed by atoms with E-state index in [-0.39, 0.29) is 17.6 Å². The number of carbonyl (C=O) groups is 1. The average Bonchev–Trinajstić information content (AvgIpc) is 3.28. The molecule has 0 spiro atoms. The molecule has 1 aliphatic carbocycles. The van der Waals surface area contributed by atoms with Crippen LogP contribution in [0.25, 0.3) is 0 Å². The van der Waals surface area contributed by atoms with Gasteiger partial charge >= 0.3 is 0 Å². The van der Waals surface area contributed by atoms with Crippen molar-refractivity contribution in [2.24, 2.45) is 5.92 Å². The Morgan fingerprint density at radius 2 is 2.14 bits per heavy atom. The molecule has 0 bridgehead atoms. The maximum absolute atomic E-state index is 13.4. The maximum atomic E-state index is 13.4. The molecule has 3 nitrogen and oxygen atoms in total. The number of rotatable bonds is 8. The summed E-state index contributed by atoms with van der Waals surface area (Å²) < 4.78 is 13.4. The van der Waals surface area contributed by atoms with Crippen LogP contribution in [0.5, 0.6) is 0 Å². The number of benzene rings is 1. The second kappa shape index (κ2) is 7.73. The maximum Gasteiger partial charge on any atom is 0.220 e. The summed E-state index contributed by atoms with van der Waals surface area (Å²) in [6, 6.07) is 5.26. The molecule has 4 heteroatoms. The zero-order valence-electron chi connectivity index (χ0n) is 13.9. The average molecular weight is 306 g/mol. The molecule has 1 fully saturated rings. The summed E-state index contributed by atoms with van der Waals surface area (Å²) in [7, 11) is 4.06. The van der Waals surface area contributed by atoms with Gasteiger partial charge in [-0.05, 0) is 75.9 Å². The van der Waals surface area contributed by atoms with Crippen molar-refractivity contribution in [2.45, 2.75) is 38.5 Å². The summed E-state index contributed by atoms with van der Waals surface area (Å²) in [4.78, 5) is 14.3. The summed E-state index contributed by atoms with van der Waals surface area (Å²) in [5, 5.41) is 3.01. The first-order valence-electron chi connectivity index (χ1n) is 8.15. The molecule has 22 heavy (non-hydrogen) atoms. The monoisotopic (exact) mass is 306 g/mol. The molecule has 1 amide bonds. The Morgan fingerprint density at radius 1 is 1.41 bits per heavy atom. The number of amides is 1. The number of hydrogen-bond donors (Lipinski definition) is 1. The van der Waals surface area contributed by atoms with Gasteiger partial charge in [0.15, 0.2) is 0 Å². The molecule has 0 heterocycles. The van der Waals surface area contributed by atoms with Crippen molar-refractivity contribution in [1.29, 1.82) is 0 Å². The minimum absolute atomic E-state index is 0.109. The quantitative estimate of drug-likeness (QED) is 0.749. The molecule has 122 valence electrons. The number of halogens is 1. The lowest BCUT2D eigenvalue weighted by atomic mass is 9.89. The van der Waals surface area contributed by atoms with E-state index in [1.807, 2.05) is 26.2 Å². The minimum Gasteiger partial charge on any atom is -0.356 e. The summed E-state index contributed by atoms with van der Waals surface area (Å²) in [6.07, 6.45) is 3.82. The Hall–Kier alpha value is -1.42. The van der Waals surface area contributed by atoms with Crippen LogP contribution in [-0.2, 0) is 4.79 Å². The molecule has 1 aromatic rings. The summed E-state index contributed by atoms with van der Waals surface area (Å²) in [5.74, 6) is 0.745. The number of nitrogens with zero attached hydrogens (tertiary/aromatic N) is 1. The fourth-order valence-corrected chi connectivity index (χ4v) is 2.85. The van der Waals surface area contributed by atoms with Gasteiger partial charge in [0.2, 0.25) is 5.91 Å². The Balaban J connectivity index is 1.89. The number of nitrogens with one attached hydrogen (secondary N) is 1. The van der Waals surface area contributed by atoms with Gasteiger partial charge < -0.3 is 10.2 Å². The summed E-state index contributed by atoms with van der Waals surface area (Å²) in [5.41, 5.74) is 1.76. The van der Waals surface area contributed by atoms with Gasteiger partial charge in [0, 0.05) is 13.0 Å². The molecule has 1 unspecified atom stereocenters. The van der Waals surface area contributed by atoms with Crippen molar-refractivity contribution >= 4 is 5.91 Å². The Kier molecular flexibility index (Phi) is 5.95. The highest BCUT2D eigenvalue weighted by atomic mass is 19.1. The number of hydrogen-bond acceptors (Lipinski definition) is 2. The highest BCUT2D eigenvalue weighted by Gasteiger charge is 2.33. The van der Waals surface area contributed by atoms with Crippen molar-refractivity contribution in [3.63, 3.8) is 0 Å². The van der Waals surface area contributed by atoms with Crippen LogP contribution in [0.15, 0.2) is 18.2 Å². The zero-order chi connectivity index (χ0) is 16.1. The third-order valence-corrected chi connectivity index (χ3v) is 4.31. The van der Waals surface area contributed by atoms with Crippen LogP contribution in [0.1, 0.15) is 42.7 Å². The van der Waals surface area contributed by atoms with E-state index in [1.165, 1.54) is 18.9 Å². The van der Waals surface area contributed by atoms with Crippen molar-refractivity contribution < 1.29 is 9.18 Å². The molecule has 0 aliphatic heterocycles. The number of carbonyl (C=O) groups excluding carboxylic acids is 1. The van der Waals surface area contributed by atoms with E-state index in [4.69, 9.17) is 0 Å². The van der Waals surface area contributed by atoms with Crippen LogP contribution >= 0.6 is 0 Å². The van der Waals surface area contributed by atoms with Crippen LogP contribution in [0.2, 0.25) is 0 Å². The smallest absolute Gasteiger partial charge is 0.220 e. The topological polar surface area (TPSA) is 32.3 Å². The highest BCUT2D eigenvalue weighted by molar-refractivity contribution is 5.77. The van der Waals surface area contributed by atoms with E-state index in [0.717, 1.165) is 25.1 Å². The molecule has 1 aliphatic rings. The van der Waals surface area contributed by atoms with E-state index < -0.39 is 0 Å². The second-order valence-electron chi connectivity index (χ2n) is 6.66. The largest absolute Gasteiger partial charge is 0.356 e. The van der Waals surface area contributed by atoms with Gasteiger partial charge in [-0.25, -0.2) is 4.39 Å². The fraction of sp³-hybridized carbons (Fsp3) is 0.611. The Bertz CT molecular complexity index is 512. The molecule has 1 atom stereocenters. The fourth-order valence-electron chi connectivity index (χ4n) is 2.85. The molecule has 1 saturated carbocycles. The van der Waals surface area contributed by atoms with E-state index in [2.05, 4.69) is 10.2 Å². The van der Waals surface area contributed by atoms with Gasteiger partial charge in [-0.1, -0.05) is 12.1 Å². The van der Waals surface area contributed by atoms with Crippen LogP contribution in [0.4, 0.5) is 4.39 Å². The lowest BCUT2D eigenvalue weighted by Crippen LogP contribution is -2.28. The van der Waals surface area contributed by atoms with Crippen molar-refractivity contribution in [3.8, 4) is 0 Å². The van der Waals surface area contributed by atoms with Gasteiger partial charge in [0.25, 0.3) is 0 Å². The molecule has 0 saturated heterocycles. The molecular weight excluding hydrogens is 279 g/mol. The van der Waals surface area contributed by atoms with E-state index >= 15 is 0 Å². The molecule has 1 N–H and O–H groups in total. The van der Waals surface area contributed by atoms with E-state index in [9.17, 15) is 9.18 Å². The predicted molar refractivity (Wildman–Crippen MR) is 87.4 cm³/mol. The summed E-state index contributed by atoms with van der Waals surface area (Å²) >= 11 is 0. The van der Waals surface area contributed by atoms with Crippen molar-refractivity contribution in [1.82, 2.24) is 10.2 Å². The van der Waals surface area contributed by atoms with Gasteiger partial charge in [0.1, 0.15) is 5.82 Å². The Morgan fingerprint density at radius 3 is 2.73 bits per heavy atom. The molecule has 2 rings (SSSR count). The predicted octanol–water partition coefficient (Wildman–Crippen LogP) is 3.09. The van der Waals surface area contributed by atoms with E-state index in [1.54, 1.807) is 6.92 Å². The van der Waals surface area contributed by atoms with Gasteiger partial charge in [-0.15, -0.1) is 0 Å². The standard InChI is InChI=1S/C18H27FN2O/c1-13-11-15(7-8-17(13)19)16(14-5-6-14)12-18(22)20-9-4-10-21(2)3/h7-8,11,14,16H,4-6,9-10,12H2,1-3H3,(H,20,22). The minimum atomic E-state index is -0.175. The SMILES string of the molecule is Cc1cc(C(CC(=O)NCCCN(C)C)C2CC2)ccc1F. The second-order valence-corrected chi connectivity index (χ2v) is 6.66. The summed E-state index contributed by atoms with van der Waals surface area (Å²) in [6.45, 7) is 3.48. The molecule has 0 aromatic heterocycles. The third-order valence-electron chi connectivity index (χ3n) is 4.31. The molecular formula is C18H27FN2O. The highest BCUT2D eigenvalue weighted by Crippen LogP contribution is 2.44.